The zero-order chi connectivity index (χ0) is 19.9. The van der Waals surface area contributed by atoms with E-state index in [1.807, 2.05) is 0 Å². The molecule has 0 saturated carbocycles. The molecule has 2 aromatic rings. The first-order valence-electron chi connectivity index (χ1n) is 7.44. The van der Waals surface area contributed by atoms with Gasteiger partial charge < -0.3 is 9.84 Å². The van der Waals surface area contributed by atoms with Crippen molar-refractivity contribution in [3.05, 3.63) is 47.3 Å². The van der Waals surface area contributed by atoms with Crippen LogP contribution < -0.4 is 9.86 Å². The maximum absolute atomic E-state index is 14.1. The average molecular weight is 405 g/mol. The number of hydrogen-bond donors (Lipinski definition) is 1. The van der Waals surface area contributed by atoms with Gasteiger partial charge in [-0.1, -0.05) is 4.48 Å². The van der Waals surface area contributed by atoms with Crippen molar-refractivity contribution in [2.45, 2.75) is 17.1 Å². The average Bonchev–Trinajstić information content (AvgIpc) is 2.96. The van der Waals surface area contributed by atoms with Crippen LogP contribution >= 0.6 is 0 Å². The number of sulfone groups is 1. The lowest BCUT2D eigenvalue weighted by Crippen LogP contribution is -2.16. The van der Waals surface area contributed by atoms with Crippen LogP contribution in [0, 0.1) is 5.82 Å². The Kier molecular flexibility index (Phi) is 4.72. The number of carbonyl (C=O) groups is 1. The second-order valence-electron chi connectivity index (χ2n) is 5.61. The molecule has 3 rings (SSSR count). The number of carboxylic acid groups (broad SMARTS) is 1. The third-order valence-electron chi connectivity index (χ3n) is 3.89. The number of aromatic carboxylic acids is 1. The third kappa shape index (κ3) is 3.42. The van der Waals surface area contributed by atoms with Gasteiger partial charge in [-0.05, 0) is 30.7 Å². The highest BCUT2D eigenvalue weighted by atomic mass is 32.2. The van der Waals surface area contributed by atoms with Crippen LogP contribution in [0.25, 0.3) is 0 Å². The first-order chi connectivity index (χ1) is 12.6. The molecule has 1 aliphatic heterocycles. The summed E-state index contributed by atoms with van der Waals surface area (Å²) in [5.74, 6) is -6.36. The van der Waals surface area contributed by atoms with Crippen LogP contribution in [0.4, 0.5) is 23.3 Å². The minimum absolute atomic E-state index is 0.000334. The largest absolute Gasteiger partial charge is 0.478 e. The highest BCUT2D eigenvalue weighted by Crippen LogP contribution is 2.43. The van der Waals surface area contributed by atoms with Gasteiger partial charge in [-0.15, -0.1) is 0 Å². The van der Waals surface area contributed by atoms with Crippen molar-refractivity contribution in [1.29, 1.82) is 0 Å². The fourth-order valence-electron chi connectivity index (χ4n) is 2.72. The first-order valence-corrected chi connectivity index (χ1v) is 8.99. The normalized spacial score (nSPS) is 13.7. The predicted molar refractivity (Wildman–Crippen MR) is 85.2 cm³/mol. The molecule has 1 aliphatic rings. The highest BCUT2D eigenvalue weighted by Gasteiger charge is 2.36. The maximum atomic E-state index is 14.1. The molecular weight excluding hydrogens is 394 g/mol. The van der Waals surface area contributed by atoms with Gasteiger partial charge in [0.05, 0.1) is 22.7 Å². The van der Waals surface area contributed by atoms with Gasteiger partial charge in [0, 0.05) is 11.6 Å². The van der Waals surface area contributed by atoms with Crippen LogP contribution in [-0.4, -0.2) is 31.8 Å². The lowest BCUT2D eigenvalue weighted by molar-refractivity contribution is 0.0696. The molecule has 0 spiro atoms. The quantitative estimate of drug-likeness (QED) is 0.605. The SMILES string of the molecule is O=C(O)c1cc(F)cc(Oc2ccc(S(=O)(=O)C(F)F)c3c2CCN3F)c1. The van der Waals surface area contributed by atoms with Gasteiger partial charge in [0.15, 0.2) is 0 Å². The molecule has 0 aliphatic carbocycles. The van der Waals surface area contributed by atoms with Crippen LogP contribution in [0.3, 0.4) is 0 Å². The Morgan fingerprint density at radius 3 is 2.56 bits per heavy atom. The first kappa shape index (κ1) is 19.0. The van der Waals surface area contributed by atoms with Crippen molar-refractivity contribution in [3.63, 3.8) is 0 Å². The van der Waals surface area contributed by atoms with Gasteiger partial charge in [-0.2, -0.15) is 8.78 Å². The molecule has 0 bridgehead atoms. The number of nitrogens with zero attached hydrogens (tertiary/aromatic N) is 1. The van der Waals surface area contributed by atoms with Crippen molar-refractivity contribution >= 4 is 21.5 Å². The summed E-state index contributed by atoms with van der Waals surface area (Å²) in [5.41, 5.74) is -0.964. The number of halogens is 4. The zero-order valence-corrected chi connectivity index (χ0v) is 14.1. The molecule has 2 aromatic carbocycles. The summed E-state index contributed by atoms with van der Waals surface area (Å²) in [6.07, 6.45) is -0.0468. The maximum Gasteiger partial charge on any atom is 0.341 e. The molecule has 0 amide bonds. The highest BCUT2D eigenvalue weighted by molar-refractivity contribution is 7.91. The van der Waals surface area contributed by atoms with E-state index in [9.17, 15) is 30.9 Å². The van der Waals surface area contributed by atoms with Gasteiger partial charge in [-0.25, -0.2) is 22.7 Å². The van der Waals surface area contributed by atoms with E-state index in [0.29, 0.717) is 0 Å². The Hall–Kier alpha value is -2.82. The fourth-order valence-corrected chi connectivity index (χ4v) is 3.66. The predicted octanol–water partition coefficient (Wildman–Crippen LogP) is 3.56. The van der Waals surface area contributed by atoms with Crippen LogP contribution in [0.15, 0.2) is 35.2 Å². The number of rotatable bonds is 5. The molecule has 1 N–H and O–H groups in total. The standard InChI is InChI=1S/C16H11F4NO5S/c17-9-5-8(15(22)23)6-10(7-9)26-12-1-2-13(27(24,25)16(18)19)14-11(12)3-4-21(14)20/h1-2,5-7,16H,3-4H2,(H,22,23). The topological polar surface area (TPSA) is 83.9 Å². The lowest BCUT2D eigenvalue weighted by atomic mass is 10.1. The van der Waals surface area contributed by atoms with Crippen LogP contribution in [0.1, 0.15) is 15.9 Å². The Morgan fingerprint density at radius 1 is 1.22 bits per heavy atom. The van der Waals surface area contributed by atoms with E-state index in [2.05, 4.69) is 0 Å². The Labute approximate surface area is 150 Å². The number of hydrogen-bond acceptors (Lipinski definition) is 5. The van der Waals surface area contributed by atoms with Crippen molar-refractivity contribution < 1.29 is 40.7 Å². The molecule has 0 aromatic heterocycles. The number of carboxylic acids is 1. The molecule has 144 valence electrons. The van der Waals surface area contributed by atoms with E-state index in [0.717, 1.165) is 30.3 Å². The molecular formula is C16H11F4NO5S. The van der Waals surface area contributed by atoms with E-state index in [-0.39, 0.29) is 35.2 Å². The molecule has 0 unspecified atom stereocenters. The van der Waals surface area contributed by atoms with E-state index < -0.39 is 43.5 Å². The number of alkyl halides is 2. The number of ether oxygens (including phenoxy) is 1. The van der Waals surface area contributed by atoms with Crippen LogP contribution in [0.5, 0.6) is 11.5 Å². The molecule has 0 fully saturated rings. The van der Waals surface area contributed by atoms with Crippen LogP contribution in [-0.2, 0) is 16.3 Å². The summed E-state index contributed by atoms with van der Waals surface area (Å²) >= 11 is 0. The fraction of sp³-hybridized carbons (Fsp3) is 0.188. The molecule has 0 saturated heterocycles. The van der Waals surface area contributed by atoms with Gasteiger partial charge in [0.2, 0.25) is 9.84 Å². The zero-order valence-electron chi connectivity index (χ0n) is 13.3. The number of anilines is 1. The summed E-state index contributed by atoms with van der Waals surface area (Å²) in [6, 6.07) is 4.47. The van der Waals surface area contributed by atoms with Gasteiger partial charge in [0.25, 0.3) is 0 Å². The van der Waals surface area contributed by atoms with E-state index in [4.69, 9.17) is 9.84 Å². The summed E-state index contributed by atoms with van der Waals surface area (Å²) in [7, 11) is -5.06. The summed E-state index contributed by atoms with van der Waals surface area (Å²) < 4.78 is 82.2. The van der Waals surface area contributed by atoms with E-state index in [1.54, 1.807) is 0 Å². The molecule has 11 heteroatoms. The van der Waals surface area contributed by atoms with E-state index in [1.165, 1.54) is 0 Å². The smallest absolute Gasteiger partial charge is 0.341 e. The number of benzene rings is 2. The monoisotopic (exact) mass is 405 g/mol. The van der Waals surface area contributed by atoms with Gasteiger partial charge >= 0.3 is 11.7 Å². The molecule has 6 nitrogen and oxygen atoms in total. The van der Waals surface area contributed by atoms with Crippen molar-refractivity contribution in [2.75, 3.05) is 11.7 Å². The van der Waals surface area contributed by atoms with E-state index >= 15 is 0 Å². The van der Waals surface area contributed by atoms with Gasteiger partial charge in [0.1, 0.15) is 17.3 Å². The third-order valence-corrected chi connectivity index (χ3v) is 5.30. The summed E-state index contributed by atoms with van der Waals surface area (Å²) in [4.78, 5) is 10.1. The minimum Gasteiger partial charge on any atom is -0.478 e. The second kappa shape index (κ2) is 6.72. The Morgan fingerprint density at radius 2 is 1.93 bits per heavy atom. The van der Waals surface area contributed by atoms with Crippen molar-refractivity contribution in [1.82, 2.24) is 0 Å². The summed E-state index contributed by atoms with van der Waals surface area (Å²) in [6.45, 7) is -0.287. The minimum atomic E-state index is -5.06. The molecule has 0 radical (unpaired) electrons. The summed E-state index contributed by atoms with van der Waals surface area (Å²) in [5, 5.41) is 8.97. The Balaban J connectivity index is 2.09. The molecule has 0 atom stereocenters. The van der Waals surface area contributed by atoms with Crippen molar-refractivity contribution in [3.8, 4) is 11.5 Å². The molecule has 1 heterocycles. The van der Waals surface area contributed by atoms with Crippen molar-refractivity contribution in [2.24, 2.45) is 0 Å². The Bertz CT molecular complexity index is 1030. The second-order valence-corrected chi connectivity index (χ2v) is 7.50. The van der Waals surface area contributed by atoms with Gasteiger partial charge in [-0.3, -0.25) is 0 Å². The molecule has 27 heavy (non-hydrogen) atoms. The van der Waals surface area contributed by atoms with Crippen LogP contribution in [0.2, 0.25) is 0 Å². The number of fused-ring (bicyclic) bond motifs is 1. The lowest BCUT2D eigenvalue weighted by Gasteiger charge is -2.16.